The predicted octanol–water partition coefficient (Wildman–Crippen LogP) is 1.14. The Hall–Kier alpha value is -1.45. The molecular formula is C10H12N2O2. The fourth-order valence-corrected chi connectivity index (χ4v) is 1.73. The fraction of sp³-hybridized carbons (Fsp3) is 0.500. The van der Waals surface area contributed by atoms with Crippen LogP contribution in [0.4, 0.5) is 0 Å². The highest BCUT2D eigenvalue weighted by atomic mass is 16.5. The van der Waals surface area contributed by atoms with E-state index in [1.807, 2.05) is 0 Å². The topological polar surface area (TPSA) is 52.1 Å². The van der Waals surface area contributed by atoms with Gasteiger partial charge in [-0.3, -0.25) is 0 Å². The number of hydrogen-bond donors (Lipinski definition) is 0. The summed E-state index contributed by atoms with van der Waals surface area (Å²) in [6, 6.07) is 0. The fourth-order valence-electron chi connectivity index (χ4n) is 1.73. The number of carbonyl (C=O) groups excluding carboxylic acids is 1. The summed E-state index contributed by atoms with van der Waals surface area (Å²) in [6.07, 6.45) is 4.34. The van der Waals surface area contributed by atoms with E-state index in [1.165, 1.54) is 6.33 Å². The van der Waals surface area contributed by atoms with Crippen molar-refractivity contribution >= 4 is 5.97 Å². The van der Waals surface area contributed by atoms with Crippen molar-refractivity contribution < 1.29 is 9.53 Å². The Morgan fingerprint density at radius 1 is 1.50 bits per heavy atom. The van der Waals surface area contributed by atoms with Crippen LogP contribution in [0.1, 0.15) is 35.1 Å². The van der Waals surface area contributed by atoms with E-state index in [4.69, 9.17) is 4.74 Å². The number of hydrogen-bond acceptors (Lipinski definition) is 4. The normalized spacial score (nSPS) is 13.8. The van der Waals surface area contributed by atoms with Crippen LogP contribution in [0, 0.1) is 0 Å². The summed E-state index contributed by atoms with van der Waals surface area (Å²) >= 11 is 0. The lowest BCUT2D eigenvalue weighted by Gasteiger charge is -2.04. The Kier molecular flexibility index (Phi) is 2.43. The van der Waals surface area contributed by atoms with Gasteiger partial charge in [-0.05, 0) is 26.2 Å². The van der Waals surface area contributed by atoms with Gasteiger partial charge in [0.1, 0.15) is 6.33 Å². The van der Waals surface area contributed by atoms with Gasteiger partial charge in [-0.1, -0.05) is 0 Å². The molecule has 4 heteroatoms. The van der Waals surface area contributed by atoms with Gasteiger partial charge in [0.05, 0.1) is 6.61 Å². The van der Waals surface area contributed by atoms with Crippen LogP contribution in [0.15, 0.2) is 6.33 Å². The van der Waals surface area contributed by atoms with Gasteiger partial charge < -0.3 is 4.74 Å². The molecule has 4 nitrogen and oxygen atoms in total. The summed E-state index contributed by atoms with van der Waals surface area (Å²) in [5.74, 6) is -0.326. The predicted molar refractivity (Wildman–Crippen MR) is 50.0 cm³/mol. The van der Waals surface area contributed by atoms with Crippen molar-refractivity contribution in [3.05, 3.63) is 23.3 Å². The van der Waals surface area contributed by atoms with Gasteiger partial charge in [0.25, 0.3) is 0 Å². The van der Waals surface area contributed by atoms with E-state index in [2.05, 4.69) is 9.97 Å². The molecule has 1 heterocycles. The number of aryl methyl sites for hydroxylation is 1. The zero-order valence-electron chi connectivity index (χ0n) is 8.12. The summed E-state index contributed by atoms with van der Waals surface area (Å²) in [5, 5.41) is 0. The van der Waals surface area contributed by atoms with Gasteiger partial charge in [-0.2, -0.15) is 0 Å². The van der Waals surface area contributed by atoms with Crippen LogP contribution >= 0.6 is 0 Å². The second kappa shape index (κ2) is 3.74. The molecule has 0 spiro atoms. The number of nitrogens with zero attached hydrogens (tertiary/aromatic N) is 2. The molecule has 2 rings (SSSR count). The first-order chi connectivity index (χ1) is 6.83. The van der Waals surface area contributed by atoms with Gasteiger partial charge in [0, 0.05) is 11.3 Å². The molecule has 1 aromatic heterocycles. The molecule has 0 atom stereocenters. The number of fused-ring (bicyclic) bond motifs is 1. The van der Waals surface area contributed by atoms with Crippen molar-refractivity contribution in [1.29, 1.82) is 0 Å². The van der Waals surface area contributed by atoms with E-state index in [9.17, 15) is 4.79 Å². The monoisotopic (exact) mass is 192 g/mol. The Bertz CT molecular complexity index is 363. The molecule has 0 saturated carbocycles. The molecule has 0 aliphatic heterocycles. The smallest absolute Gasteiger partial charge is 0.357 e. The summed E-state index contributed by atoms with van der Waals surface area (Å²) in [4.78, 5) is 19.6. The number of ether oxygens (including phenoxy) is 1. The third kappa shape index (κ3) is 1.47. The first kappa shape index (κ1) is 9.12. The third-order valence-electron chi connectivity index (χ3n) is 2.34. The molecule has 14 heavy (non-hydrogen) atoms. The van der Waals surface area contributed by atoms with E-state index >= 15 is 0 Å². The summed E-state index contributed by atoms with van der Waals surface area (Å²) in [7, 11) is 0. The van der Waals surface area contributed by atoms with E-state index in [0.717, 1.165) is 30.5 Å². The first-order valence-corrected chi connectivity index (χ1v) is 4.82. The maximum atomic E-state index is 11.5. The second-order valence-electron chi connectivity index (χ2n) is 3.22. The van der Waals surface area contributed by atoms with E-state index < -0.39 is 0 Å². The number of aromatic nitrogens is 2. The number of carbonyl (C=O) groups is 1. The molecule has 0 amide bonds. The average Bonchev–Trinajstić information content (AvgIpc) is 2.65. The minimum absolute atomic E-state index is 0.326. The SMILES string of the molecule is CCOC(=O)c1ncnc2c1CCC2. The molecule has 0 aromatic carbocycles. The molecule has 0 radical (unpaired) electrons. The van der Waals surface area contributed by atoms with Crippen LogP contribution < -0.4 is 0 Å². The molecule has 1 aliphatic carbocycles. The van der Waals surface area contributed by atoms with Gasteiger partial charge in [-0.15, -0.1) is 0 Å². The minimum Gasteiger partial charge on any atom is -0.461 e. The largest absolute Gasteiger partial charge is 0.461 e. The third-order valence-corrected chi connectivity index (χ3v) is 2.34. The van der Waals surface area contributed by atoms with Crippen molar-refractivity contribution in [2.24, 2.45) is 0 Å². The average molecular weight is 192 g/mol. The maximum Gasteiger partial charge on any atom is 0.357 e. The van der Waals surface area contributed by atoms with Crippen LogP contribution in [-0.2, 0) is 17.6 Å². The summed E-state index contributed by atoms with van der Waals surface area (Å²) in [5.41, 5.74) is 2.43. The Balaban J connectivity index is 2.34. The van der Waals surface area contributed by atoms with Crippen LogP contribution in [0.2, 0.25) is 0 Å². The number of rotatable bonds is 2. The standard InChI is InChI=1S/C10H12N2O2/c1-2-14-10(13)9-7-4-3-5-8(7)11-6-12-9/h6H,2-5H2,1H3. The van der Waals surface area contributed by atoms with E-state index in [0.29, 0.717) is 12.3 Å². The minimum atomic E-state index is -0.326. The van der Waals surface area contributed by atoms with Crippen molar-refractivity contribution in [1.82, 2.24) is 9.97 Å². The van der Waals surface area contributed by atoms with Crippen molar-refractivity contribution in [3.63, 3.8) is 0 Å². The molecule has 1 aromatic rings. The van der Waals surface area contributed by atoms with Crippen molar-refractivity contribution in [3.8, 4) is 0 Å². The lowest BCUT2D eigenvalue weighted by atomic mass is 10.2. The van der Waals surface area contributed by atoms with E-state index in [1.54, 1.807) is 6.92 Å². The molecular weight excluding hydrogens is 180 g/mol. The Morgan fingerprint density at radius 2 is 2.36 bits per heavy atom. The van der Waals surface area contributed by atoms with Crippen molar-refractivity contribution in [2.75, 3.05) is 6.61 Å². The Morgan fingerprint density at radius 3 is 3.14 bits per heavy atom. The highest BCUT2D eigenvalue weighted by molar-refractivity contribution is 5.89. The van der Waals surface area contributed by atoms with Crippen molar-refractivity contribution in [2.45, 2.75) is 26.2 Å². The highest BCUT2D eigenvalue weighted by Crippen LogP contribution is 2.22. The van der Waals surface area contributed by atoms with Crippen LogP contribution in [-0.4, -0.2) is 22.5 Å². The van der Waals surface area contributed by atoms with E-state index in [-0.39, 0.29) is 5.97 Å². The maximum absolute atomic E-state index is 11.5. The van der Waals surface area contributed by atoms with Gasteiger partial charge >= 0.3 is 5.97 Å². The van der Waals surface area contributed by atoms with Gasteiger partial charge in [-0.25, -0.2) is 14.8 Å². The lowest BCUT2D eigenvalue weighted by Crippen LogP contribution is -2.11. The van der Waals surface area contributed by atoms with Gasteiger partial charge in [0.2, 0.25) is 0 Å². The van der Waals surface area contributed by atoms with Crippen LogP contribution in [0.5, 0.6) is 0 Å². The second-order valence-corrected chi connectivity index (χ2v) is 3.22. The summed E-state index contributed by atoms with van der Waals surface area (Å²) < 4.78 is 4.92. The zero-order valence-corrected chi connectivity index (χ0v) is 8.12. The van der Waals surface area contributed by atoms with Crippen LogP contribution in [0.25, 0.3) is 0 Å². The Labute approximate surface area is 82.3 Å². The molecule has 0 N–H and O–H groups in total. The zero-order chi connectivity index (χ0) is 9.97. The molecule has 74 valence electrons. The molecule has 1 aliphatic rings. The first-order valence-electron chi connectivity index (χ1n) is 4.82. The number of esters is 1. The molecule has 0 bridgehead atoms. The quantitative estimate of drug-likeness (QED) is 0.659. The molecule has 0 saturated heterocycles. The molecule has 0 unspecified atom stereocenters. The summed E-state index contributed by atoms with van der Waals surface area (Å²) in [6.45, 7) is 2.18. The lowest BCUT2D eigenvalue weighted by molar-refractivity contribution is 0.0518. The molecule has 0 fully saturated rings. The van der Waals surface area contributed by atoms with Crippen LogP contribution in [0.3, 0.4) is 0 Å². The highest BCUT2D eigenvalue weighted by Gasteiger charge is 2.21. The van der Waals surface area contributed by atoms with Gasteiger partial charge in [0.15, 0.2) is 5.69 Å².